The van der Waals surface area contributed by atoms with E-state index < -0.39 is 0 Å². The molecule has 0 saturated heterocycles. The Bertz CT molecular complexity index is 78.8. The van der Waals surface area contributed by atoms with Gasteiger partial charge in [0.2, 0.25) is 6.29 Å². The predicted molar refractivity (Wildman–Crippen MR) is 43.6 cm³/mol. The molecule has 0 heterocycles. The first-order chi connectivity index (χ1) is 4.85. The van der Waals surface area contributed by atoms with Crippen LogP contribution < -0.4 is 0 Å². The van der Waals surface area contributed by atoms with Crippen molar-refractivity contribution in [3.05, 3.63) is 0 Å². The molecule has 0 aromatic carbocycles. The summed E-state index contributed by atoms with van der Waals surface area (Å²) in [5.41, 5.74) is 0. The quantitative estimate of drug-likeness (QED) is 0.520. The summed E-state index contributed by atoms with van der Waals surface area (Å²) in [6.07, 6.45) is 7.71. The van der Waals surface area contributed by atoms with Gasteiger partial charge in [-0.05, 0) is 12.8 Å². The SMILES string of the molecule is CCCCCC([C]=O)CC. The molecule has 0 aliphatic carbocycles. The fraction of sp³-hybridized carbons (Fsp3) is 0.889. The molecule has 0 rings (SSSR count). The second-order valence-electron chi connectivity index (χ2n) is 2.72. The van der Waals surface area contributed by atoms with E-state index in [0.29, 0.717) is 0 Å². The summed E-state index contributed by atoms with van der Waals surface area (Å²) >= 11 is 0. The summed E-state index contributed by atoms with van der Waals surface area (Å²) in [6, 6.07) is 0. The van der Waals surface area contributed by atoms with Crippen molar-refractivity contribution in [2.24, 2.45) is 5.92 Å². The molecular formula is C9H17O. The fourth-order valence-electron chi connectivity index (χ4n) is 0.987. The van der Waals surface area contributed by atoms with Gasteiger partial charge in [-0.2, -0.15) is 0 Å². The van der Waals surface area contributed by atoms with Gasteiger partial charge < -0.3 is 0 Å². The Morgan fingerprint density at radius 1 is 1.30 bits per heavy atom. The monoisotopic (exact) mass is 141 g/mol. The predicted octanol–water partition coefficient (Wildman–Crippen LogP) is 2.70. The average molecular weight is 141 g/mol. The summed E-state index contributed by atoms with van der Waals surface area (Å²) in [4.78, 5) is 10.2. The van der Waals surface area contributed by atoms with Crippen LogP contribution in [-0.4, -0.2) is 6.29 Å². The number of unbranched alkanes of at least 4 members (excludes halogenated alkanes) is 2. The Labute approximate surface area is 63.8 Å². The lowest BCUT2D eigenvalue weighted by Crippen LogP contribution is -1.98. The third-order valence-electron chi connectivity index (χ3n) is 1.82. The van der Waals surface area contributed by atoms with Crippen LogP contribution in [0.25, 0.3) is 0 Å². The van der Waals surface area contributed by atoms with Crippen LogP contribution in [0.15, 0.2) is 0 Å². The van der Waals surface area contributed by atoms with Crippen molar-refractivity contribution in [1.82, 2.24) is 0 Å². The van der Waals surface area contributed by atoms with Crippen LogP contribution in [0, 0.1) is 5.92 Å². The van der Waals surface area contributed by atoms with E-state index in [-0.39, 0.29) is 5.92 Å². The van der Waals surface area contributed by atoms with Crippen LogP contribution in [0.4, 0.5) is 0 Å². The van der Waals surface area contributed by atoms with Crippen molar-refractivity contribution in [2.75, 3.05) is 0 Å². The molecule has 1 atom stereocenters. The van der Waals surface area contributed by atoms with E-state index in [2.05, 4.69) is 13.2 Å². The normalized spacial score (nSPS) is 13.0. The first-order valence-electron chi connectivity index (χ1n) is 4.22. The first kappa shape index (κ1) is 9.67. The molecule has 0 bridgehead atoms. The summed E-state index contributed by atoms with van der Waals surface area (Å²) in [7, 11) is 0. The number of rotatable bonds is 6. The molecule has 0 aliphatic rings. The standard InChI is InChI=1S/C9H17O/c1-3-5-6-7-9(4-2)8-10/h9H,3-7H2,1-2H3. The molecule has 0 N–H and O–H groups in total. The lowest BCUT2D eigenvalue weighted by atomic mass is 10.0. The van der Waals surface area contributed by atoms with Crippen molar-refractivity contribution >= 4 is 6.29 Å². The van der Waals surface area contributed by atoms with Crippen molar-refractivity contribution in [1.29, 1.82) is 0 Å². The third kappa shape index (κ3) is 4.54. The van der Waals surface area contributed by atoms with Gasteiger partial charge in [0.1, 0.15) is 0 Å². The van der Waals surface area contributed by atoms with Crippen LogP contribution in [0.2, 0.25) is 0 Å². The third-order valence-corrected chi connectivity index (χ3v) is 1.82. The molecule has 59 valence electrons. The van der Waals surface area contributed by atoms with E-state index in [1.807, 2.05) is 6.92 Å². The van der Waals surface area contributed by atoms with Gasteiger partial charge in [-0.1, -0.05) is 33.1 Å². The second-order valence-corrected chi connectivity index (χ2v) is 2.72. The van der Waals surface area contributed by atoms with Gasteiger partial charge in [0, 0.05) is 5.92 Å². The second kappa shape index (κ2) is 6.79. The zero-order valence-corrected chi connectivity index (χ0v) is 7.02. The maximum absolute atomic E-state index is 10.2. The van der Waals surface area contributed by atoms with E-state index in [9.17, 15) is 4.79 Å². The highest BCUT2D eigenvalue weighted by Crippen LogP contribution is 2.10. The molecule has 0 aromatic rings. The van der Waals surface area contributed by atoms with Crippen LogP contribution in [-0.2, 0) is 4.79 Å². The average Bonchev–Trinajstić information content (AvgIpc) is 1.99. The van der Waals surface area contributed by atoms with E-state index >= 15 is 0 Å². The Kier molecular flexibility index (Phi) is 6.56. The van der Waals surface area contributed by atoms with Crippen LogP contribution in [0.1, 0.15) is 46.0 Å². The lowest BCUT2D eigenvalue weighted by Gasteiger charge is -2.03. The molecule has 0 saturated carbocycles. The van der Waals surface area contributed by atoms with Gasteiger partial charge in [-0.25, -0.2) is 0 Å². The molecule has 1 heteroatoms. The molecule has 0 fully saturated rings. The van der Waals surface area contributed by atoms with Gasteiger partial charge in [-0.3, -0.25) is 4.79 Å². The fourth-order valence-corrected chi connectivity index (χ4v) is 0.987. The molecule has 1 unspecified atom stereocenters. The molecule has 1 radical (unpaired) electrons. The Hall–Kier alpha value is -0.330. The largest absolute Gasteiger partial charge is 0.291 e. The topological polar surface area (TPSA) is 17.1 Å². The first-order valence-corrected chi connectivity index (χ1v) is 4.22. The maximum atomic E-state index is 10.2. The molecule has 0 spiro atoms. The summed E-state index contributed by atoms with van der Waals surface area (Å²) in [5, 5.41) is 0. The molecule has 0 aromatic heterocycles. The van der Waals surface area contributed by atoms with Crippen LogP contribution in [0.5, 0.6) is 0 Å². The van der Waals surface area contributed by atoms with Crippen LogP contribution >= 0.6 is 0 Å². The highest BCUT2D eigenvalue weighted by molar-refractivity contribution is 5.54. The van der Waals surface area contributed by atoms with Crippen LogP contribution in [0.3, 0.4) is 0 Å². The molecule has 1 nitrogen and oxygen atoms in total. The molecule has 0 aliphatic heterocycles. The van der Waals surface area contributed by atoms with E-state index in [1.165, 1.54) is 19.3 Å². The van der Waals surface area contributed by atoms with Gasteiger partial charge in [0.25, 0.3) is 0 Å². The molecule has 10 heavy (non-hydrogen) atoms. The van der Waals surface area contributed by atoms with Gasteiger partial charge in [0.15, 0.2) is 0 Å². The van der Waals surface area contributed by atoms with E-state index in [4.69, 9.17) is 0 Å². The van der Waals surface area contributed by atoms with Crippen molar-refractivity contribution < 1.29 is 4.79 Å². The van der Waals surface area contributed by atoms with Gasteiger partial charge >= 0.3 is 0 Å². The smallest absolute Gasteiger partial charge is 0.201 e. The Balaban J connectivity index is 3.17. The zero-order chi connectivity index (χ0) is 7.82. The minimum Gasteiger partial charge on any atom is -0.291 e. The van der Waals surface area contributed by atoms with Crippen molar-refractivity contribution in [3.8, 4) is 0 Å². The van der Waals surface area contributed by atoms with E-state index in [0.717, 1.165) is 12.8 Å². The minimum absolute atomic E-state index is 0.201. The highest BCUT2D eigenvalue weighted by atomic mass is 16.1. The molecule has 0 amide bonds. The highest BCUT2D eigenvalue weighted by Gasteiger charge is 2.03. The number of carbonyl (C=O) groups excluding carboxylic acids is 1. The Morgan fingerprint density at radius 3 is 2.40 bits per heavy atom. The summed E-state index contributed by atoms with van der Waals surface area (Å²) < 4.78 is 0. The zero-order valence-electron chi connectivity index (χ0n) is 7.02. The summed E-state index contributed by atoms with van der Waals surface area (Å²) in [6.45, 7) is 4.22. The Morgan fingerprint density at radius 2 is 2.00 bits per heavy atom. The minimum atomic E-state index is 0.201. The van der Waals surface area contributed by atoms with Crippen molar-refractivity contribution in [2.45, 2.75) is 46.0 Å². The number of hydrogen-bond acceptors (Lipinski definition) is 1. The lowest BCUT2D eigenvalue weighted by molar-refractivity contribution is 0.485. The summed E-state index contributed by atoms with van der Waals surface area (Å²) in [5.74, 6) is 0.201. The maximum Gasteiger partial charge on any atom is 0.201 e. The number of hydrogen-bond donors (Lipinski definition) is 0. The van der Waals surface area contributed by atoms with Gasteiger partial charge in [0.05, 0.1) is 0 Å². The molecular weight excluding hydrogens is 124 g/mol. The van der Waals surface area contributed by atoms with Crippen molar-refractivity contribution in [3.63, 3.8) is 0 Å². The van der Waals surface area contributed by atoms with E-state index in [1.54, 1.807) is 0 Å². The van der Waals surface area contributed by atoms with Gasteiger partial charge in [-0.15, -0.1) is 0 Å².